The molecular formula is C26H25F2N7O4. The Balaban J connectivity index is 1.39. The first-order valence-electron chi connectivity index (χ1n) is 12.1. The SMILES string of the molecule is C=CC(=O)N1CCCC1Cn1cc(Nc2ncc3cc(Oc4ccc(F)cc4F)c(=O)n(C)c3n2)c(OC)n1. The molecule has 0 bridgehead atoms. The lowest BCUT2D eigenvalue weighted by atomic mass is 10.2. The number of carbonyl (C=O) groups is 1. The quantitative estimate of drug-likeness (QED) is 0.340. The molecule has 4 aromatic rings. The highest BCUT2D eigenvalue weighted by molar-refractivity contribution is 5.87. The number of ether oxygens (including phenoxy) is 2. The second-order valence-corrected chi connectivity index (χ2v) is 8.95. The van der Waals surface area contributed by atoms with E-state index in [1.165, 1.54) is 37.1 Å². The standard InChI is InChI=1S/C26H25F2N7O4/c1-4-22(36)35-9-5-6-17(35)13-34-14-19(24(32-34)38-3)30-26-29-12-15-10-21(25(37)33(2)23(15)31-26)39-20-8-7-16(27)11-18(20)28/h4,7-8,10-12,14,17H,1,5-6,9,13H2,2-3H3,(H,29,30,31). The molecule has 11 nitrogen and oxygen atoms in total. The number of benzene rings is 1. The minimum atomic E-state index is -0.935. The molecule has 13 heteroatoms. The van der Waals surface area contributed by atoms with Gasteiger partial charge in [-0.05, 0) is 37.1 Å². The molecule has 1 aliphatic rings. The fourth-order valence-electron chi connectivity index (χ4n) is 4.53. The maximum absolute atomic E-state index is 14.0. The van der Waals surface area contributed by atoms with Gasteiger partial charge in [-0.25, -0.2) is 13.8 Å². The number of hydrogen-bond donors (Lipinski definition) is 1. The summed E-state index contributed by atoms with van der Waals surface area (Å²) in [6.07, 6.45) is 6.28. The van der Waals surface area contributed by atoms with Gasteiger partial charge in [0.25, 0.3) is 11.4 Å². The lowest BCUT2D eigenvalue weighted by Crippen LogP contribution is -2.37. The molecule has 1 atom stereocenters. The van der Waals surface area contributed by atoms with E-state index in [1.54, 1.807) is 15.8 Å². The van der Waals surface area contributed by atoms with Gasteiger partial charge in [0.15, 0.2) is 17.3 Å². The van der Waals surface area contributed by atoms with Gasteiger partial charge in [0.2, 0.25) is 11.9 Å². The molecule has 4 heterocycles. The van der Waals surface area contributed by atoms with Gasteiger partial charge in [0.1, 0.15) is 17.2 Å². The molecular weight excluding hydrogens is 512 g/mol. The first-order chi connectivity index (χ1) is 18.8. The van der Waals surface area contributed by atoms with Crippen molar-refractivity contribution in [3.63, 3.8) is 0 Å². The van der Waals surface area contributed by atoms with Crippen LogP contribution in [0.3, 0.4) is 0 Å². The van der Waals surface area contributed by atoms with Gasteiger partial charge in [-0.2, -0.15) is 4.98 Å². The van der Waals surface area contributed by atoms with Crippen molar-refractivity contribution >= 4 is 28.6 Å². The van der Waals surface area contributed by atoms with E-state index in [0.717, 1.165) is 25.0 Å². The van der Waals surface area contributed by atoms with Crippen LogP contribution < -0.4 is 20.3 Å². The molecule has 0 radical (unpaired) electrons. The molecule has 1 unspecified atom stereocenters. The first-order valence-corrected chi connectivity index (χ1v) is 12.1. The maximum Gasteiger partial charge on any atom is 0.294 e. The van der Waals surface area contributed by atoms with Crippen molar-refractivity contribution in [1.29, 1.82) is 0 Å². The van der Waals surface area contributed by atoms with Crippen LogP contribution in [0.5, 0.6) is 17.4 Å². The molecule has 0 saturated carbocycles. The van der Waals surface area contributed by atoms with Crippen molar-refractivity contribution < 1.29 is 23.0 Å². The predicted octanol–water partition coefficient (Wildman–Crippen LogP) is 3.52. The number of nitrogens with zero attached hydrogens (tertiary/aromatic N) is 6. The average molecular weight is 538 g/mol. The van der Waals surface area contributed by atoms with E-state index < -0.39 is 17.2 Å². The number of pyridine rings is 1. The van der Waals surface area contributed by atoms with Crippen LogP contribution in [0.15, 0.2) is 54.1 Å². The third-order valence-electron chi connectivity index (χ3n) is 6.43. The summed E-state index contributed by atoms with van der Waals surface area (Å²) >= 11 is 0. The summed E-state index contributed by atoms with van der Waals surface area (Å²) in [6.45, 7) is 4.72. The zero-order valence-electron chi connectivity index (χ0n) is 21.2. The van der Waals surface area contributed by atoms with Crippen molar-refractivity contribution in [2.45, 2.75) is 25.4 Å². The lowest BCUT2D eigenvalue weighted by Gasteiger charge is -2.23. The van der Waals surface area contributed by atoms with E-state index in [9.17, 15) is 18.4 Å². The maximum atomic E-state index is 14.0. The number of halogens is 2. The Morgan fingerprint density at radius 1 is 1.28 bits per heavy atom. The molecule has 0 aliphatic carbocycles. The van der Waals surface area contributed by atoms with Gasteiger partial charge in [-0.15, -0.1) is 5.10 Å². The van der Waals surface area contributed by atoms with Crippen molar-refractivity contribution in [1.82, 2.24) is 29.2 Å². The van der Waals surface area contributed by atoms with E-state index >= 15 is 0 Å². The number of fused-ring (bicyclic) bond motifs is 1. The molecule has 3 aromatic heterocycles. The molecule has 1 aromatic carbocycles. The number of aromatic nitrogens is 5. The second-order valence-electron chi connectivity index (χ2n) is 8.95. The molecule has 0 spiro atoms. The molecule has 5 rings (SSSR count). The van der Waals surface area contributed by atoms with Crippen LogP contribution >= 0.6 is 0 Å². The van der Waals surface area contributed by atoms with Crippen molar-refractivity contribution in [2.75, 3.05) is 19.0 Å². The fraction of sp³-hybridized carbons (Fsp3) is 0.269. The van der Waals surface area contributed by atoms with Gasteiger partial charge in [0.05, 0.1) is 25.9 Å². The van der Waals surface area contributed by atoms with E-state index in [0.29, 0.717) is 41.8 Å². The highest BCUT2D eigenvalue weighted by Crippen LogP contribution is 2.28. The molecule has 1 saturated heterocycles. The van der Waals surface area contributed by atoms with Crippen LogP contribution in [0.4, 0.5) is 20.4 Å². The Bertz CT molecular complexity index is 1630. The molecule has 1 aliphatic heterocycles. The number of likely N-dealkylation sites (tertiary alicyclic amines) is 1. The van der Waals surface area contributed by atoms with E-state index in [1.807, 2.05) is 0 Å². The van der Waals surface area contributed by atoms with Gasteiger partial charge < -0.3 is 19.7 Å². The summed E-state index contributed by atoms with van der Waals surface area (Å²) in [5.74, 6) is -1.78. The summed E-state index contributed by atoms with van der Waals surface area (Å²) in [7, 11) is 2.98. The predicted molar refractivity (Wildman–Crippen MR) is 138 cm³/mol. The van der Waals surface area contributed by atoms with Gasteiger partial charge in [0, 0.05) is 31.2 Å². The van der Waals surface area contributed by atoms with Gasteiger partial charge >= 0.3 is 0 Å². The minimum Gasteiger partial charge on any atom is -0.478 e. The van der Waals surface area contributed by atoms with Crippen molar-refractivity contribution in [3.05, 3.63) is 71.3 Å². The Morgan fingerprint density at radius 2 is 2.10 bits per heavy atom. The lowest BCUT2D eigenvalue weighted by molar-refractivity contribution is -0.127. The summed E-state index contributed by atoms with van der Waals surface area (Å²) in [5, 5.41) is 7.97. The summed E-state index contributed by atoms with van der Waals surface area (Å²) in [6, 6.07) is 4.18. The van der Waals surface area contributed by atoms with E-state index in [2.05, 4.69) is 27.0 Å². The Hall–Kier alpha value is -4.81. The normalized spacial score (nSPS) is 15.0. The van der Waals surface area contributed by atoms with E-state index in [-0.39, 0.29) is 29.4 Å². The molecule has 1 N–H and O–H groups in total. The highest BCUT2D eigenvalue weighted by atomic mass is 19.1. The number of methoxy groups -OCH3 is 1. The highest BCUT2D eigenvalue weighted by Gasteiger charge is 2.28. The van der Waals surface area contributed by atoms with Crippen LogP contribution in [0.2, 0.25) is 0 Å². The third kappa shape index (κ3) is 5.15. The summed E-state index contributed by atoms with van der Waals surface area (Å²) < 4.78 is 41.0. The van der Waals surface area contributed by atoms with Crippen LogP contribution in [0, 0.1) is 11.6 Å². The molecule has 1 amide bonds. The molecule has 1 fully saturated rings. The Morgan fingerprint density at radius 3 is 2.85 bits per heavy atom. The van der Waals surface area contributed by atoms with Crippen molar-refractivity contribution in [2.24, 2.45) is 7.05 Å². The number of anilines is 2. The minimum absolute atomic E-state index is 0.0146. The van der Waals surface area contributed by atoms with Crippen LogP contribution in [-0.4, -0.2) is 54.8 Å². The number of carbonyl (C=O) groups excluding carboxylic acids is 1. The summed E-state index contributed by atoms with van der Waals surface area (Å²) in [4.78, 5) is 35.6. The number of nitrogens with one attached hydrogen (secondary N) is 1. The van der Waals surface area contributed by atoms with Crippen LogP contribution in [0.1, 0.15) is 12.8 Å². The molecule has 39 heavy (non-hydrogen) atoms. The fourth-order valence-corrected chi connectivity index (χ4v) is 4.53. The van der Waals surface area contributed by atoms with Gasteiger partial charge in [-0.3, -0.25) is 18.8 Å². The third-order valence-corrected chi connectivity index (χ3v) is 6.43. The topological polar surface area (TPSA) is 116 Å². The van der Waals surface area contributed by atoms with Crippen molar-refractivity contribution in [3.8, 4) is 17.4 Å². The largest absolute Gasteiger partial charge is 0.478 e. The first kappa shape index (κ1) is 25.8. The number of hydrogen-bond acceptors (Lipinski definition) is 8. The zero-order valence-corrected chi connectivity index (χ0v) is 21.2. The number of rotatable bonds is 8. The van der Waals surface area contributed by atoms with Gasteiger partial charge in [-0.1, -0.05) is 6.58 Å². The Kier molecular flexibility index (Phi) is 6.96. The monoisotopic (exact) mass is 537 g/mol. The number of amides is 1. The zero-order chi connectivity index (χ0) is 27.7. The van der Waals surface area contributed by atoms with E-state index in [4.69, 9.17) is 9.47 Å². The Labute approximate surface area is 221 Å². The van der Waals surface area contributed by atoms with Crippen LogP contribution in [0.25, 0.3) is 11.0 Å². The summed E-state index contributed by atoms with van der Waals surface area (Å²) in [5.41, 5.74) is 0.213. The number of aryl methyl sites for hydroxylation is 1. The van der Waals surface area contributed by atoms with Crippen LogP contribution in [-0.2, 0) is 18.4 Å². The smallest absolute Gasteiger partial charge is 0.294 e. The second kappa shape index (κ2) is 10.5. The average Bonchev–Trinajstić information content (AvgIpc) is 3.55. The molecule has 202 valence electrons.